The largest absolute Gasteiger partial charge is 0.417 e. The van der Waals surface area contributed by atoms with E-state index in [-0.39, 0.29) is 39.2 Å². The van der Waals surface area contributed by atoms with Crippen LogP contribution in [0.5, 0.6) is 0 Å². The van der Waals surface area contributed by atoms with Crippen molar-refractivity contribution in [1.82, 2.24) is 15.0 Å². The van der Waals surface area contributed by atoms with E-state index in [0.717, 1.165) is 17.0 Å². The highest BCUT2D eigenvalue weighted by Gasteiger charge is 2.35. The predicted molar refractivity (Wildman–Crippen MR) is 117 cm³/mol. The number of aryl methyl sites for hydroxylation is 1. The van der Waals surface area contributed by atoms with Gasteiger partial charge in [0.05, 0.1) is 27.9 Å². The second-order valence-corrected chi connectivity index (χ2v) is 7.82. The van der Waals surface area contributed by atoms with Crippen molar-refractivity contribution in [2.24, 2.45) is 5.73 Å². The van der Waals surface area contributed by atoms with Crippen LogP contribution in [0, 0.1) is 12.7 Å². The molecular weight excluding hydrogens is 468 g/mol. The van der Waals surface area contributed by atoms with E-state index in [1.165, 1.54) is 56.4 Å². The SMILES string of the molecule is Cc1noc2nc(-c3ccccc3C(F)(F)F)cc(C(=O)N(C)C(C(N)=O)c3cccc(F)c3)c12. The molecule has 2 heterocycles. The van der Waals surface area contributed by atoms with E-state index >= 15 is 0 Å². The lowest BCUT2D eigenvalue weighted by molar-refractivity contribution is -0.137. The maximum atomic E-state index is 13.8. The number of pyridine rings is 1. The molecule has 4 aromatic rings. The van der Waals surface area contributed by atoms with E-state index < -0.39 is 35.4 Å². The van der Waals surface area contributed by atoms with Gasteiger partial charge in [-0.15, -0.1) is 0 Å². The second kappa shape index (κ2) is 8.82. The van der Waals surface area contributed by atoms with Crippen LogP contribution in [0.15, 0.2) is 59.1 Å². The molecule has 2 N–H and O–H groups in total. The number of hydrogen-bond donors (Lipinski definition) is 1. The van der Waals surface area contributed by atoms with Crippen LogP contribution in [0.3, 0.4) is 0 Å². The number of fused-ring (bicyclic) bond motifs is 1. The van der Waals surface area contributed by atoms with Gasteiger partial charge in [-0.2, -0.15) is 13.2 Å². The Morgan fingerprint density at radius 3 is 2.46 bits per heavy atom. The molecule has 0 aliphatic heterocycles. The Kier molecular flexibility index (Phi) is 6.01. The Morgan fingerprint density at radius 2 is 1.80 bits per heavy atom. The van der Waals surface area contributed by atoms with Crippen molar-refractivity contribution in [2.75, 3.05) is 7.05 Å². The highest BCUT2D eigenvalue weighted by atomic mass is 19.4. The number of primary amides is 1. The van der Waals surface area contributed by atoms with Gasteiger partial charge >= 0.3 is 6.18 Å². The summed E-state index contributed by atoms with van der Waals surface area (Å²) in [7, 11) is 1.28. The second-order valence-electron chi connectivity index (χ2n) is 7.82. The number of halogens is 4. The number of nitrogens with zero attached hydrogens (tertiary/aromatic N) is 3. The summed E-state index contributed by atoms with van der Waals surface area (Å²) in [5, 5.41) is 3.95. The van der Waals surface area contributed by atoms with Gasteiger partial charge in [0.1, 0.15) is 11.9 Å². The third-order valence-corrected chi connectivity index (χ3v) is 5.50. The molecule has 1 atom stereocenters. The molecule has 35 heavy (non-hydrogen) atoms. The average Bonchev–Trinajstić information content (AvgIpc) is 3.18. The zero-order chi connectivity index (χ0) is 25.5. The number of nitrogens with two attached hydrogens (primary N) is 1. The third kappa shape index (κ3) is 4.44. The molecular formula is C24H18F4N4O3. The van der Waals surface area contributed by atoms with Gasteiger partial charge in [-0.3, -0.25) is 9.59 Å². The summed E-state index contributed by atoms with van der Waals surface area (Å²) in [6.45, 7) is 1.53. The molecule has 0 aliphatic rings. The Hall–Kier alpha value is -4.28. The summed E-state index contributed by atoms with van der Waals surface area (Å²) >= 11 is 0. The summed E-state index contributed by atoms with van der Waals surface area (Å²) in [5.74, 6) is -2.34. The minimum atomic E-state index is -4.68. The fourth-order valence-electron chi connectivity index (χ4n) is 3.92. The van der Waals surface area contributed by atoms with Gasteiger partial charge in [-0.25, -0.2) is 9.37 Å². The van der Waals surface area contributed by atoms with E-state index in [4.69, 9.17) is 10.3 Å². The Balaban J connectivity index is 1.89. The van der Waals surface area contributed by atoms with Crippen LogP contribution >= 0.6 is 0 Å². The zero-order valence-corrected chi connectivity index (χ0v) is 18.4. The van der Waals surface area contributed by atoms with Crippen LogP contribution in [0.4, 0.5) is 17.6 Å². The van der Waals surface area contributed by atoms with Gasteiger partial charge in [-0.05, 0) is 36.8 Å². The first-order valence-corrected chi connectivity index (χ1v) is 10.2. The summed E-state index contributed by atoms with van der Waals surface area (Å²) < 4.78 is 59.9. The van der Waals surface area contributed by atoms with Crippen molar-refractivity contribution in [1.29, 1.82) is 0 Å². The molecule has 0 saturated heterocycles. The molecule has 1 unspecified atom stereocenters. The van der Waals surface area contributed by atoms with Gasteiger partial charge in [0.15, 0.2) is 0 Å². The van der Waals surface area contributed by atoms with Crippen molar-refractivity contribution < 1.29 is 31.7 Å². The molecule has 180 valence electrons. The summed E-state index contributed by atoms with van der Waals surface area (Å²) in [6, 6.07) is 9.61. The molecule has 0 bridgehead atoms. The minimum Gasteiger partial charge on any atom is -0.368 e. The van der Waals surface area contributed by atoms with Crippen LogP contribution in [0.25, 0.3) is 22.4 Å². The maximum Gasteiger partial charge on any atom is 0.417 e. The topological polar surface area (TPSA) is 102 Å². The maximum absolute atomic E-state index is 13.8. The minimum absolute atomic E-state index is 0.106. The van der Waals surface area contributed by atoms with Crippen molar-refractivity contribution in [3.8, 4) is 11.3 Å². The van der Waals surface area contributed by atoms with E-state index in [2.05, 4.69) is 10.1 Å². The molecule has 11 heteroatoms. The van der Waals surface area contributed by atoms with Gasteiger partial charge in [0.25, 0.3) is 11.6 Å². The number of carbonyl (C=O) groups is 2. The van der Waals surface area contributed by atoms with Crippen molar-refractivity contribution in [3.63, 3.8) is 0 Å². The lowest BCUT2D eigenvalue weighted by Gasteiger charge is -2.26. The summed E-state index contributed by atoms with van der Waals surface area (Å²) in [4.78, 5) is 31.0. The Bertz CT molecular complexity index is 1450. The number of benzene rings is 2. The number of hydrogen-bond acceptors (Lipinski definition) is 5. The molecule has 7 nitrogen and oxygen atoms in total. The molecule has 2 aromatic heterocycles. The molecule has 2 aromatic carbocycles. The standard InChI is InChI=1S/C24H18F4N4O3/c1-12-19-16(23(34)32(2)20(21(29)33)13-6-5-7-14(25)10-13)11-18(30-22(19)35-31-12)15-8-3-4-9-17(15)24(26,27)28/h3-11,20H,1-2H3,(H2,29,33). The molecule has 0 aliphatic carbocycles. The number of carbonyl (C=O) groups excluding carboxylic acids is 2. The number of likely N-dealkylation sites (N-methyl/N-ethyl adjacent to an activating group) is 1. The van der Waals surface area contributed by atoms with Crippen LogP contribution in [-0.4, -0.2) is 33.9 Å². The van der Waals surface area contributed by atoms with E-state index in [1.807, 2.05) is 0 Å². The lowest BCUT2D eigenvalue weighted by Crippen LogP contribution is -2.39. The van der Waals surface area contributed by atoms with Crippen LogP contribution < -0.4 is 5.73 Å². The Morgan fingerprint density at radius 1 is 1.09 bits per heavy atom. The van der Waals surface area contributed by atoms with E-state index in [9.17, 15) is 27.2 Å². The first kappa shape index (κ1) is 23.9. The van der Waals surface area contributed by atoms with Gasteiger partial charge < -0.3 is 15.2 Å². The monoisotopic (exact) mass is 486 g/mol. The smallest absolute Gasteiger partial charge is 0.368 e. The molecule has 0 spiro atoms. The van der Waals surface area contributed by atoms with Gasteiger partial charge in [0, 0.05) is 12.6 Å². The molecule has 0 saturated carbocycles. The first-order chi connectivity index (χ1) is 16.5. The quantitative estimate of drug-likeness (QED) is 0.414. The van der Waals surface area contributed by atoms with Gasteiger partial charge in [0.2, 0.25) is 5.91 Å². The van der Waals surface area contributed by atoms with Crippen LogP contribution in [-0.2, 0) is 11.0 Å². The van der Waals surface area contributed by atoms with Crippen molar-refractivity contribution in [3.05, 3.63) is 82.8 Å². The van der Waals surface area contributed by atoms with Crippen LogP contribution in [0.2, 0.25) is 0 Å². The van der Waals surface area contributed by atoms with E-state index in [1.54, 1.807) is 0 Å². The van der Waals surface area contributed by atoms with E-state index in [0.29, 0.717) is 0 Å². The molecule has 0 radical (unpaired) electrons. The Labute approximate surface area is 196 Å². The fourth-order valence-corrected chi connectivity index (χ4v) is 3.92. The fraction of sp³-hybridized carbons (Fsp3) is 0.167. The highest BCUT2D eigenvalue weighted by molar-refractivity contribution is 6.08. The van der Waals surface area contributed by atoms with Crippen LogP contribution in [0.1, 0.15) is 33.2 Å². The lowest BCUT2D eigenvalue weighted by atomic mass is 9.99. The number of aromatic nitrogens is 2. The highest BCUT2D eigenvalue weighted by Crippen LogP contribution is 2.38. The normalized spacial score (nSPS) is 12.5. The predicted octanol–water partition coefficient (Wildman–Crippen LogP) is 4.65. The number of rotatable bonds is 5. The van der Waals surface area contributed by atoms with Gasteiger partial charge in [-0.1, -0.05) is 35.5 Å². The molecule has 2 amide bonds. The molecule has 0 fully saturated rings. The molecule has 4 rings (SSSR count). The van der Waals surface area contributed by atoms with Crippen molar-refractivity contribution >= 4 is 22.9 Å². The summed E-state index contributed by atoms with van der Waals surface area (Å²) in [6.07, 6.45) is -4.68. The average molecular weight is 486 g/mol. The number of amides is 2. The first-order valence-electron chi connectivity index (χ1n) is 10.2. The zero-order valence-electron chi connectivity index (χ0n) is 18.4. The third-order valence-electron chi connectivity index (χ3n) is 5.50. The summed E-state index contributed by atoms with van der Waals surface area (Å²) in [5.41, 5.74) is 4.24. The van der Waals surface area contributed by atoms with Crippen molar-refractivity contribution in [2.45, 2.75) is 19.1 Å². The number of alkyl halides is 3.